The van der Waals surface area contributed by atoms with Gasteiger partial charge in [0.2, 0.25) is 0 Å². The van der Waals surface area contributed by atoms with Crippen molar-refractivity contribution in [2.24, 2.45) is 0 Å². The highest BCUT2D eigenvalue weighted by Gasteiger charge is 2.33. The Morgan fingerprint density at radius 2 is 1.81 bits per heavy atom. The van der Waals surface area contributed by atoms with E-state index in [1.807, 2.05) is 0 Å². The smallest absolute Gasteiger partial charge is 0.416 e. The van der Waals surface area contributed by atoms with E-state index >= 15 is 0 Å². The van der Waals surface area contributed by atoms with Gasteiger partial charge in [0.15, 0.2) is 6.10 Å². The molecule has 1 heterocycles. The summed E-state index contributed by atoms with van der Waals surface area (Å²) in [5.74, 6) is -0.944. The summed E-state index contributed by atoms with van der Waals surface area (Å²) < 4.78 is 43.0. The molecule has 7 heteroatoms. The number of amides is 1. The topological polar surface area (TPSA) is 46.6 Å². The van der Waals surface area contributed by atoms with E-state index in [0.717, 1.165) is 17.7 Å². The molecule has 136 valence electrons. The Kier molecular flexibility index (Phi) is 4.71. The highest BCUT2D eigenvalue weighted by Crippen LogP contribution is 2.29. The first-order chi connectivity index (χ1) is 12.3. The molecule has 2 aromatic rings. The summed E-state index contributed by atoms with van der Waals surface area (Å²) in [5.41, 5.74) is 0.997. The molecule has 2 aromatic carbocycles. The third-order valence-electron chi connectivity index (χ3n) is 4.24. The van der Waals surface area contributed by atoms with Crippen molar-refractivity contribution < 1.29 is 27.5 Å². The number of hydrogen-bond acceptors (Lipinski definition) is 3. The third kappa shape index (κ3) is 3.71. The van der Waals surface area contributed by atoms with Crippen molar-refractivity contribution >= 4 is 11.9 Å². The minimum absolute atomic E-state index is 0.118. The predicted octanol–water partition coefficient (Wildman–Crippen LogP) is 3.45. The lowest BCUT2D eigenvalue weighted by Gasteiger charge is -2.27. The molecule has 0 aromatic heterocycles. The molecular formula is C19H16F3NO3. The number of carbonyl (C=O) groups excluding carboxylic acids is 2. The number of rotatable bonds is 3. The molecule has 1 atom stereocenters. The Labute approximate surface area is 148 Å². The van der Waals surface area contributed by atoms with Gasteiger partial charge >= 0.3 is 12.1 Å². The molecule has 1 amide bonds. The van der Waals surface area contributed by atoms with E-state index in [1.165, 1.54) is 24.1 Å². The molecule has 1 unspecified atom stereocenters. The van der Waals surface area contributed by atoms with Crippen molar-refractivity contribution in [1.29, 1.82) is 0 Å². The molecular weight excluding hydrogens is 347 g/mol. The fourth-order valence-corrected chi connectivity index (χ4v) is 2.87. The highest BCUT2D eigenvalue weighted by molar-refractivity contribution is 5.95. The predicted molar refractivity (Wildman–Crippen MR) is 87.3 cm³/mol. The van der Waals surface area contributed by atoms with E-state index in [1.54, 1.807) is 24.3 Å². The summed E-state index contributed by atoms with van der Waals surface area (Å²) in [6, 6.07) is 11.5. The molecule has 26 heavy (non-hydrogen) atoms. The molecule has 0 saturated carbocycles. The number of ether oxygens (including phenoxy) is 1. The molecule has 4 nitrogen and oxygen atoms in total. The van der Waals surface area contributed by atoms with E-state index in [9.17, 15) is 22.8 Å². The Morgan fingerprint density at radius 3 is 2.46 bits per heavy atom. The zero-order valence-electron chi connectivity index (χ0n) is 13.9. The second-order valence-electron chi connectivity index (χ2n) is 6.14. The van der Waals surface area contributed by atoms with E-state index in [2.05, 4.69) is 0 Å². The van der Waals surface area contributed by atoms with E-state index in [4.69, 9.17) is 4.74 Å². The second-order valence-corrected chi connectivity index (χ2v) is 6.14. The van der Waals surface area contributed by atoms with Crippen molar-refractivity contribution in [2.45, 2.75) is 25.2 Å². The summed E-state index contributed by atoms with van der Waals surface area (Å²) >= 11 is 0. The van der Waals surface area contributed by atoms with Gasteiger partial charge in [0.25, 0.3) is 5.91 Å². The van der Waals surface area contributed by atoms with Crippen LogP contribution in [0.2, 0.25) is 0 Å². The summed E-state index contributed by atoms with van der Waals surface area (Å²) in [6.45, 7) is 0.118. The number of carbonyl (C=O) groups is 2. The molecule has 1 aliphatic heterocycles. The van der Waals surface area contributed by atoms with Gasteiger partial charge in [-0.15, -0.1) is 0 Å². The average molecular weight is 363 g/mol. The molecule has 0 radical (unpaired) electrons. The van der Waals surface area contributed by atoms with Crippen LogP contribution in [0, 0.1) is 0 Å². The van der Waals surface area contributed by atoms with Gasteiger partial charge in [-0.1, -0.05) is 30.3 Å². The number of hydrogen-bond donors (Lipinski definition) is 0. The average Bonchev–Trinajstić information content (AvgIpc) is 2.60. The minimum Gasteiger partial charge on any atom is -0.448 e. The Bertz CT molecular complexity index is 831. The van der Waals surface area contributed by atoms with Gasteiger partial charge in [-0.25, -0.2) is 4.79 Å². The normalized spacial score (nSPS) is 16.6. The lowest BCUT2D eigenvalue weighted by Crippen LogP contribution is -2.42. The standard InChI is InChI=1S/C19H16F3NO3/c1-23(11-12-6-8-14(9-7-12)19(20,21)22)17(24)16-10-13-4-2-3-5-15(13)18(25)26-16/h2-9,16H,10-11H2,1H3. The van der Waals surface area contributed by atoms with Crippen molar-refractivity contribution in [2.75, 3.05) is 7.05 Å². The molecule has 1 aliphatic rings. The quantitative estimate of drug-likeness (QED) is 0.785. The Hall–Kier alpha value is -2.83. The monoisotopic (exact) mass is 363 g/mol. The summed E-state index contributed by atoms with van der Waals surface area (Å²) in [6.07, 6.45) is -5.06. The number of halogens is 3. The maximum Gasteiger partial charge on any atom is 0.416 e. The number of alkyl halides is 3. The molecule has 0 fully saturated rings. The van der Waals surface area contributed by atoms with Gasteiger partial charge in [0.05, 0.1) is 11.1 Å². The van der Waals surface area contributed by atoms with Gasteiger partial charge in [0, 0.05) is 20.0 Å². The largest absolute Gasteiger partial charge is 0.448 e. The lowest BCUT2D eigenvalue weighted by atomic mass is 9.98. The van der Waals surface area contributed by atoms with E-state index in [0.29, 0.717) is 11.1 Å². The van der Waals surface area contributed by atoms with Crippen LogP contribution in [0.5, 0.6) is 0 Å². The molecule has 3 rings (SSSR count). The lowest BCUT2D eigenvalue weighted by molar-refractivity contribution is -0.140. The zero-order chi connectivity index (χ0) is 18.9. The number of cyclic esters (lactones) is 1. The van der Waals surface area contributed by atoms with Crippen LogP contribution < -0.4 is 0 Å². The first-order valence-electron chi connectivity index (χ1n) is 7.95. The van der Waals surface area contributed by atoms with E-state index in [-0.39, 0.29) is 13.0 Å². The Balaban J connectivity index is 1.68. The number of esters is 1. The first kappa shape index (κ1) is 18.0. The van der Waals surface area contributed by atoms with Crippen LogP contribution in [0.15, 0.2) is 48.5 Å². The van der Waals surface area contributed by atoms with Gasteiger partial charge in [-0.05, 0) is 29.3 Å². The molecule has 0 N–H and O–H groups in total. The van der Waals surface area contributed by atoms with Crippen LogP contribution in [0.1, 0.15) is 27.0 Å². The van der Waals surface area contributed by atoms with Crippen molar-refractivity contribution in [3.8, 4) is 0 Å². The number of fused-ring (bicyclic) bond motifs is 1. The molecule has 0 spiro atoms. The third-order valence-corrected chi connectivity index (χ3v) is 4.24. The molecule has 0 saturated heterocycles. The highest BCUT2D eigenvalue weighted by atomic mass is 19.4. The van der Waals surface area contributed by atoms with Crippen LogP contribution >= 0.6 is 0 Å². The first-order valence-corrected chi connectivity index (χ1v) is 7.95. The summed E-state index contributed by atoms with van der Waals surface area (Å²) in [4.78, 5) is 25.9. The van der Waals surface area contributed by atoms with Gasteiger partial charge in [0.1, 0.15) is 0 Å². The van der Waals surface area contributed by atoms with Crippen molar-refractivity contribution in [3.63, 3.8) is 0 Å². The van der Waals surface area contributed by atoms with Crippen LogP contribution in [0.4, 0.5) is 13.2 Å². The maximum atomic E-state index is 12.6. The number of likely N-dealkylation sites (N-methyl/N-ethyl adjacent to an activating group) is 1. The zero-order valence-corrected chi connectivity index (χ0v) is 13.9. The van der Waals surface area contributed by atoms with Crippen LogP contribution in [0.25, 0.3) is 0 Å². The van der Waals surface area contributed by atoms with Crippen molar-refractivity contribution in [1.82, 2.24) is 4.90 Å². The van der Waals surface area contributed by atoms with Crippen molar-refractivity contribution in [3.05, 3.63) is 70.8 Å². The molecule has 0 bridgehead atoms. The SMILES string of the molecule is CN(Cc1ccc(C(F)(F)F)cc1)C(=O)C1Cc2ccccc2C(=O)O1. The fourth-order valence-electron chi connectivity index (χ4n) is 2.87. The maximum absolute atomic E-state index is 12.6. The number of benzene rings is 2. The van der Waals surface area contributed by atoms with E-state index < -0.39 is 29.7 Å². The minimum atomic E-state index is -4.40. The summed E-state index contributed by atoms with van der Waals surface area (Å²) in [7, 11) is 1.52. The summed E-state index contributed by atoms with van der Waals surface area (Å²) in [5, 5.41) is 0. The fraction of sp³-hybridized carbons (Fsp3) is 0.263. The second kappa shape index (κ2) is 6.82. The molecule has 0 aliphatic carbocycles. The van der Waals surface area contributed by atoms with Crippen LogP contribution in [-0.2, 0) is 28.7 Å². The van der Waals surface area contributed by atoms with Gasteiger partial charge in [-0.3, -0.25) is 4.79 Å². The van der Waals surface area contributed by atoms with Crippen LogP contribution in [-0.4, -0.2) is 29.9 Å². The van der Waals surface area contributed by atoms with Gasteiger partial charge in [-0.2, -0.15) is 13.2 Å². The van der Waals surface area contributed by atoms with Gasteiger partial charge < -0.3 is 9.64 Å². The number of nitrogens with zero attached hydrogens (tertiary/aromatic N) is 1. The van der Waals surface area contributed by atoms with Crippen LogP contribution in [0.3, 0.4) is 0 Å². The Morgan fingerprint density at radius 1 is 1.15 bits per heavy atom.